The molecule has 0 N–H and O–H groups in total. The van der Waals surface area contributed by atoms with E-state index in [-0.39, 0.29) is 0 Å². The third kappa shape index (κ3) is 5.98. The predicted octanol–water partition coefficient (Wildman–Crippen LogP) is 13.6. The van der Waals surface area contributed by atoms with E-state index < -0.39 is 0 Å². The van der Waals surface area contributed by atoms with Gasteiger partial charge in [-0.3, -0.25) is 0 Å². The van der Waals surface area contributed by atoms with Crippen molar-refractivity contribution in [3.63, 3.8) is 0 Å². The lowest BCUT2D eigenvalue weighted by Crippen LogP contribution is -1.99. The maximum Gasteiger partial charge on any atom is 0.161 e. The van der Waals surface area contributed by atoms with Crippen LogP contribution in [0.4, 0.5) is 0 Å². The smallest absolute Gasteiger partial charge is 0.161 e. The molecular weight excluding hydrogens is 667 g/mol. The van der Waals surface area contributed by atoms with E-state index in [9.17, 15) is 0 Å². The quantitative estimate of drug-likeness (QED) is 0.166. The molecule has 0 fully saturated rings. The first-order valence-corrected chi connectivity index (χ1v) is 18.7. The van der Waals surface area contributed by atoms with Crippen LogP contribution in [0.2, 0.25) is 0 Å². The third-order valence-corrected chi connectivity index (χ3v) is 10.4. The van der Waals surface area contributed by atoms with Crippen molar-refractivity contribution in [3.8, 4) is 73.0 Å². The molecule has 8 aromatic carbocycles. The molecule has 0 saturated heterocycles. The van der Waals surface area contributed by atoms with Crippen LogP contribution in [0.25, 0.3) is 94.8 Å². The maximum absolute atomic E-state index is 5.37. The molecule has 3 heteroatoms. The molecule has 3 nitrogen and oxygen atoms in total. The maximum atomic E-state index is 5.37. The molecule has 0 spiro atoms. The lowest BCUT2D eigenvalue weighted by molar-refractivity contribution is 1.18. The van der Waals surface area contributed by atoms with Crippen molar-refractivity contribution in [1.82, 2.24) is 14.5 Å². The molecule has 2 aromatic heterocycles. The van der Waals surface area contributed by atoms with Crippen molar-refractivity contribution >= 4 is 21.8 Å². The lowest BCUT2D eigenvalue weighted by atomic mass is 9.86. The Morgan fingerprint density at radius 1 is 0.309 bits per heavy atom. The van der Waals surface area contributed by atoms with Crippen LogP contribution in [-0.2, 0) is 0 Å². The number of hydrogen-bond acceptors (Lipinski definition) is 2. The number of rotatable bonds is 7. The summed E-state index contributed by atoms with van der Waals surface area (Å²) in [4.78, 5) is 10.7. The first-order valence-electron chi connectivity index (χ1n) is 18.7. The minimum absolute atomic E-state index is 0.680. The second kappa shape index (κ2) is 13.9. The highest BCUT2D eigenvalue weighted by atomic mass is 15.0. The summed E-state index contributed by atoms with van der Waals surface area (Å²) in [5, 5.41) is 2.42. The third-order valence-electron chi connectivity index (χ3n) is 10.4. The summed E-state index contributed by atoms with van der Waals surface area (Å²) >= 11 is 0. The highest BCUT2D eigenvalue weighted by Crippen LogP contribution is 2.45. The summed E-state index contributed by atoms with van der Waals surface area (Å²) in [6, 6.07) is 75.1. The standard InChI is InChI=1S/C52H35N3/c1-6-18-36(19-7-1)41-33-44(40-30-31-50-45(32-40)43-28-16-17-29-49(43)55(50)42-26-14-5-15-27-42)51(39-24-12-4-13-25-39)46(34-41)52-53-47(37-20-8-2-9-21-37)35-48(54-52)38-22-10-3-11-23-38/h1-35H. The van der Waals surface area contributed by atoms with E-state index in [1.54, 1.807) is 0 Å². The van der Waals surface area contributed by atoms with Gasteiger partial charge in [0.1, 0.15) is 0 Å². The van der Waals surface area contributed by atoms with Gasteiger partial charge in [-0.1, -0.05) is 164 Å². The van der Waals surface area contributed by atoms with Gasteiger partial charge in [-0.25, -0.2) is 9.97 Å². The number of aromatic nitrogens is 3. The van der Waals surface area contributed by atoms with Crippen LogP contribution in [0.15, 0.2) is 212 Å². The fourth-order valence-electron chi connectivity index (χ4n) is 7.84. The average molecular weight is 702 g/mol. The molecule has 0 aliphatic carbocycles. The van der Waals surface area contributed by atoms with Gasteiger partial charge in [-0.05, 0) is 76.3 Å². The van der Waals surface area contributed by atoms with Crippen LogP contribution in [0.3, 0.4) is 0 Å². The Balaban J connectivity index is 1.29. The van der Waals surface area contributed by atoms with Gasteiger partial charge < -0.3 is 4.57 Å². The van der Waals surface area contributed by atoms with Crippen molar-refractivity contribution in [1.29, 1.82) is 0 Å². The van der Waals surface area contributed by atoms with E-state index in [2.05, 4.69) is 205 Å². The number of benzene rings is 8. The van der Waals surface area contributed by atoms with Crippen LogP contribution in [0.5, 0.6) is 0 Å². The first-order chi connectivity index (χ1) is 27.3. The van der Waals surface area contributed by atoms with Crippen LogP contribution in [0.1, 0.15) is 0 Å². The molecule has 10 aromatic rings. The first kappa shape index (κ1) is 32.3. The van der Waals surface area contributed by atoms with E-state index in [0.717, 1.165) is 67.1 Å². The van der Waals surface area contributed by atoms with Crippen LogP contribution in [-0.4, -0.2) is 14.5 Å². The number of nitrogens with zero attached hydrogens (tertiary/aromatic N) is 3. The molecule has 10 rings (SSSR count). The fraction of sp³-hybridized carbons (Fsp3) is 0. The van der Waals surface area contributed by atoms with Gasteiger partial charge in [0.15, 0.2) is 5.82 Å². The molecule has 0 amide bonds. The van der Waals surface area contributed by atoms with E-state index >= 15 is 0 Å². The highest BCUT2D eigenvalue weighted by Gasteiger charge is 2.22. The number of fused-ring (bicyclic) bond motifs is 3. The average Bonchev–Trinajstić information content (AvgIpc) is 3.61. The van der Waals surface area contributed by atoms with Gasteiger partial charge in [0.25, 0.3) is 0 Å². The molecule has 0 aliphatic rings. The Hall–Kier alpha value is -7.36. The zero-order chi connectivity index (χ0) is 36.6. The van der Waals surface area contributed by atoms with Gasteiger partial charge in [0.2, 0.25) is 0 Å². The van der Waals surface area contributed by atoms with E-state index in [1.165, 1.54) is 21.8 Å². The molecule has 0 unspecified atom stereocenters. The van der Waals surface area contributed by atoms with Crippen LogP contribution < -0.4 is 0 Å². The minimum atomic E-state index is 0.680. The molecule has 0 bridgehead atoms. The Kier molecular flexibility index (Phi) is 8.16. The minimum Gasteiger partial charge on any atom is -0.309 e. The van der Waals surface area contributed by atoms with Crippen molar-refractivity contribution < 1.29 is 0 Å². The summed E-state index contributed by atoms with van der Waals surface area (Å²) < 4.78 is 2.37. The zero-order valence-corrected chi connectivity index (χ0v) is 30.0. The molecular formula is C52H35N3. The molecule has 0 aliphatic heterocycles. The number of hydrogen-bond donors (Lipinski definition) is 0. The Morgan fingerprint density at radius 3 is 1.42 bits per heavy atom. The molecule has 0 atom stereocenters. The van der Waals surface area contributed by atoms with Crippen molar-refractivity contribution in [2.75, 3.05) is 0 Å². The fourth-order valence-corrected chi connectivity index (χ4v) is 7.84. The van der Waals surface area contributed by atoms with Gasteiger partial charge in [0, 0.05) is 38.7 Å². The normalized spacial score (nSPS) is 11.3. The number of para-hydroxylation sites is 2. The largest absolute Gasteiger partial charge is 0.309 e. The summed E-state index contributed by atoms with van der Waals surface area (Å²) in [6.07, 6.45) is 0. The van der Waals surface area contributed by atoms with Crippen molar-refractivity contribution in [2.45, 2.75) is 0 Å². The summed E-state index contributed by atoms with van der Waals surface area (Å²) in [6.45, 7) is 0. The van der Waals surface area contributed by atoms with Crippen LogP contribution >= 0.6 is 0 Å². The van der Waals surface area contributed by atoms with E-state index in [1.807, 2.05) is 12.1 Å². The van der Waals surface area contributed by atoms with Crippen LogP contribution in [0, 0.1) is 0 Å². The highest BCUT2D eigenvalue weighted by molar-refractivity contribution is 6.11. The summed E-state index contributed by atoms with van der Waals surface area (Å²) in [5.74, 6) is 0.680. The topological polar surface area (TPSA) is 30.7 Å². The zero-order valence-electron chi connectivity index (χ0n) is 30.0. The van der Waals surface area contributed by atoms with E-state index in [0.29, 0.717) is 5.82 Å². The van der Waals surface area contributed by atoms with Crippen molar-refractivity contribution in [3.05, 3.63) is 212 Å². The van der Waals surface area contributed by atoms with E-state index in [4.69, 9.17) is 9.97 Å². The summed E-state index contributed by atoms with van der Waals surface area (Å²) in [7, 11) is 0. The second-order valence-electron chi connectivity index (χ2n) is 13.8. The molecule has 0 saturated carbocycles. The van der Waals surface area contributed by atoms with Gasteiger partial charge >= 0.3 is 0 Å². The molecule has 0 radical (unpaired) electrons. The lowest BCUT2D eigenvalue weighted by Gasteiger charge is -2.19. The molecule has 2 heterocycles. The monoisotopic (exact) mass is 701 g/mol. The molecule has 55 heavy (non-hydrogen) atoms. The Morgan fingerprint density at radius 2 is 0.800 bits per heavy atom. The Labute approximate surface area is 320 Å². The van der Waals surface area contributed by atoms with Gasteiger partial charge in [0.05, 0.1) is 22.4 Å². The van der Waals surface area contributed by atoms with Gasteiger partial charge in [-0.2, -0.15) is 0 Å². The summed E-state index contributed by atoms with van der Waals surface area (Å²) in [5.41, 5.74) is 15.0. The molecule has 258 valence electrons. The second-order valence-corrected chi connectivity index (χ2v) is 13.8. The van der Waals surface area contributed by atoms with Gasteiger partial charge in [-0.15, -0.1) is 0 Å². The predicted molar refractivity (Wildman–Crippen MR) is 229 cm³/mol. The Bertz CT molecular complexity index is 2880. The van der Waals surface area contributed by atoms with Crippen molar-refractivity contribution in [2.24, 2.45) is 0 Å². The SMILES string of the molecule is c1ccc(-c2cc(-c3ccc4c(c3)c3ccccc3n4-c3ccccc3)c(-c3ccccc3)c(-c3nc(-c4ccccc4)cc(-c4ccccc4)n3)c2)cc1.